The summed E-state index contributed by atoms with van der Waals surface area (Å²) in [5.41, 5.74) is 3.02. The number of benzene rings is 1. The molecule has 13 heavy (non-hydrogen) atoms. The highest BCUT2D eigenvalue weighted by atomic mass is 15.1. The number of aromatic nitrogens is 1. The van der Waals surface area contributed by atoms with E-state index < -0.39 is 0 Å². The fraction of sp³-hybridized carbons (Fsp3) is 0.100. The van der Waals surface area contributed by atoms with Crippen LogP contribution in [0.1, 0.15) is 12.5 Å². The Balaban J connectivity index is 2.71. The third-order valence-electron chi connectivity index (χ3n) is 2.17. The first kappa shape index (κ1) is 7.86. The summed E-state index contributed by atoms with van der Waals surface area (Å²) >= 11 is 0. The zero-order valence-corrected chi connectivity index (χ0v) is 7.41. The third kappa shape index (κ3) is 1.18. The van der Waals surface area contributed by atoms with Crippen LogP contribution in [0.25, 0.3) is 10.9 Å². The van der Waals surface area contributed by atoms with Crippen LogP contribution >= 0.6 is 0 Å². The predicted molar refractivity (Wildman–Crippen MR) is 54.7 cm³/mol. The number of nitrogens with zero attached hydrogens (tertiary/aromatic N) is 1. The Labute approximate surface area is 76.3 Å². The number of hydrogen-bond donors (Lipinski definition) is 2. The van der Waals surface area contributed by atoms with Gasteiger partial charge in [-0.2, -0.15) is 5.10 Å². The molecule has 1 aromatic heterocycles. The van der Waals surface area contributed by atoms with Crippen LogP contribution in [0, 0.1) is 0 Å². The van der Waals surface area contributed by atoms with Gasteiger partial charge in [0.25, 0.3) is 0 Å². The molecule has 0 fully saturated rings. The Morgan fingerprint density at radius 2 is 2.15 bits per heavy atom. The van der Waals surface area contributed by atoms with Crippen LogP contribution in [0.5, 0.6) is 0 Å². The molecule has 0 bridgehead atoms. The quantitative estimate of drug-likeness (QED) is 0.386. The summed E-state index contributed by atoms with van der Waals surface area (Å²) in [5.74, 6) is 5.23. The first-order chi connectivity index (χ1) is 6.33. The molecular formula is C10H11N3. The largest absolute Gasteiger partial charge is 0.360 e. The number of nitrogens with two attached hydrogens (primary N) is 1. The van der Waals surface area contributed by atoms with E-state index in [4.69, 9.17) is 5.84 Å². The lowest BCUT2D eigenvalue weighted by Crippen LogP contribution is -1.96. The van der Waals surface area contributed by atoms with Crippen LogP contribution in [0.2, 0.25) is 0 Å². The van der Waals surface area contributed by atoms with Crippen molar-refractivity contribution in [1.29, 1.82) is 0 Å². The minimum Gasteiger partial charge on any atom is -0.360 e. The van der Waals surface area contributed by atoms with Gasteiger partial charge in [-0.1, -0.05) is 18.2 Å². The van der Waals surface area contributed by atoms with E-state index in [2.05, 4.69) is 16.2 Å². The average Bonchev–Trinajstić information content (AvgIpc) is 2.60. The topological polar surface area (TPSA) is 54.2 Å². The summed E-state index contributed by atoms with van der Waals surface area (Å²) in [7, 11) is 0. The Kier molecular flexibility index (Phi) is 1.77. The molecule has 0 saturated carbocycles. The van der Waals surface area contributed by atoms with Gasteiger partial charge >= 0.3 is 0 Å². The first-order valence-corrected chi connectivity index (χ1v) is 4.14. The van der Waals surface area contributed by atoms with Crippen molar-refractivity contribution in [3.8, 4) is 0 Å². The molecule has 0 radical (unpaired) electrons. The standard InChI is InChI=1S/C10H11N3/c1-7(13-11)9-6-12-10-5-3-2-4-8(9)10/h2-6,12H,11H2,1H3. The molecule has 2 rings (SSSR count). The molecule has 3 nitrogen and oxygen atoms in total. The average molecular weight is 173 g/mol. The fourth-order valence-corrected chi connectivity index (χ4v) is 1.44. The van der Waals surface area contributed by atoms with Gasteiger partial charge < -0.3 is 10.8 Å². The van der Waals surface area contributed by atoms with E-state index in [0.29, 0.717) is 0 Å². The van der Waals surface area contributed by atoms with Gasteiger partial charge in [-0.3, -0.25) is 0 Å². The summed E-state index contributed by atoms with van der Waals surface area (Å²) in [5, 5.41) is 4.84. The monoisotopic (exact) mass is 173 g/mol. The zero-order valence-electron chi connectivity index (χ0n) is 7.41. The lowest BCUT2D eigenvalue weighted by atomic mass is 10.1. The van der Waals surface area contributed by atoms with Crippen molar-refractivity contribution in [2.24, 2.45) is 10.9 Å². The Morgan fingerprint density at radius 3 is 2.92 bits per heavy atom. The number of rotatable bonds is 1. The highest BCUT2D eigenvalue weighted by molar-refractivity contribution is 6.09. The van der Waals surface area contributed by atoms with E-state index in [1.165, 1.54) is 0 Å². The van der Waals surface area contributed by atoms with Crippen LogP contribution in [0.15, 0.2) is 35.6 Å². The molecule has 1 aromatic carbocycles. The van der Waals surface area contributed by atoms with Gasteiger partial charge in [0.1, 0.15) is 0 Å². The fourth-order valence-electron chi connectivity index (χ4n) is 1.44. The molecule has 0 atom stereocenters. The summed E-state index contributed by atoms with van der Waals surface area (Å²) in [6, 6.07) is 8.08. The summed E-state index contributed by atoms with van der Waals surface area (Å²) < 4.78 is 0. The first-order valence-electron chi connectivity index (χ1n) is 4.14. The van der Waals surface area contributed by atoms with E-state index in [9.17, 15) is 0 Å². The van der Waals surface area contributed by atoms with Gasteiger partial charge in [-0.25, -0.2) is 0 Å². The zero-order chi connectivity index (χ0) is 9.26. The normalized spacial score (nSPS) is 12.2. The van der Waals surface area contributed by atoms with Gasteiger partial charge in [-0.15, -0.1) is 0 Å². The van der Waals surface area contributed by atoms with E-state index >= 15 is 0 Å². The Morgan fingerprint density at radius 1 is 1.38 bits per heavy atom. The van der Waals surface area contributed by atoms with Crippen LogP contribution in [0.4, 0.5) is 0 Å². The lowest BCUT2D eigenvalue weighted by Gasteiger charge is -1.94. The molecule has 66 valence electrons. The number of H-pyrrole nitrogens is 1. The van der Waals surface area contributed by atoms with E-state index in [1.54, 1.807) is 0 Å². The van der Waals surface area contributed by atoms with E-state index in [0.717, 1.165) is 22.2 Å². The molecule has 1 heterocycles. The number of para-hydroxylation sites is 1. The molecule has 3 heteroatoms. The summed E-state index contributed by atoms with van der Waals surface area (Å²) in [6.45, 7) is 1.90. The molecular weight excluding hydrogens is 162 g/mol. The number of hydrogen-bond acceptors (Lipinski definition) is 2. The van der Waals surface area contributed by atoms with Crippen molar-refractivity contribution in [2.75, 3.05) is 0 Å². The van der Waals surface area contributed by atoms with Crippen LogP contribution < -0.4 is 5.84 Å². The molecule has 3 N–H and O–H groups in total. The second-order valence-electron chi connectivity index (χ2n) is 2.96. The minimum absolute atomic E-state index is 0.845. The molecule has 0 aliphatic heterocycles. The van der Waals surface area contributed by atoms with E-state index in [-0.39, 0.29) is 0 Å². The molecule has 0 spiro atoms. The minimum atomic E-state index is 0.845. The van der Waals surface area contributed by atoms with E-state index in [1.807, 2.05) is 31.3 Å². The lowest BCUT2D eigenvalue weighted by molar-refractivity contribution is 1.24. The van der Waals surface area contributed by atoms with Gasteiger partial charge in [0.15, 0.2) is 0 Å². The summed E-state index contributed by atoms with van der Waals surface area (Å²) in [6.07, 6.45) is 1.93. The van der Waals surface area contributed by atoms with Gasteiger partial charge in [-0.05, 0) is 13.0 Å². The third-order valence-corrected chi connectivity index (χ3v) is 2.17. The van der Waals surface area contributed by atoms with Crippen molar-refractivity contribution in [1.82, 2.24) is 4.98 Å². The molecule has 0 amide bonds. The molecule has 2 aromatic rings. The van der Waals surface area contributed by atoms with Crippen molar-refractivity contribution >= 4 is 16.6 Å². The van der Waals surface area contributed by atoms with Crippen LogP contribution in [-0.2, 0) is 0 Å². The molecule has 0 unspecified atom stereocenters. The van der Waals surface area contributed by atoms with Gasteiger partial charge in [0.05, 0.1) is 5.71 Å². The number of aromatic amines is 1. The predicted octanol–water partition coefficient (Wildman–Crippen LogP) is 1.85. The molecule has 0 saturated heterocycles. The maximum atomic E-state index is 5.23. The Bertz CT molecular complexity index is 454. The van der Waals surface area contributed by atoms with Crippen LogP contribution in [0.3, 0.4) is 0 Å². The maximum absolute atomic E-state index is 5.23. The van der Waals surface area contributed by atoms with Crippen molar-refractivity contribution < 1.29 is 0 Å². The number of nitrogens with one attached hydrogen (secondary N) is 1. The second-order valence-corrected chi connectivity index (χ2v) is 2.96. The van der Waals surface area contributed by atoms with Crippen LogP contribution in [-0.4, -0.2) is 10.7 Å². The highest BCUT2D eigenvalue weighted by Gasteiger charge is 2.04. The maximum Gasteiger partial charge on any atom is 0.0663 e. The molecule has 0 aliphatic rings. The van der Waals surface area contributed by atoms with Crippen molar-refractivity contribution in [3.63, 3.8) is 0 Å². The van der Waals surface area contributed by atoms with Crippen molar-refractivity contribution in [2.45, 2.75) is 6.92 Å². The number of fused-ring (bicyclic) bond motifs is 1. The van der Waals surface area contributed by atoms with Crippen molar-refractivity contribution in [3.05, 3.63) is 36.0 Å². The smallest absolute Gasteiger partial charge is 0.0663 e. The summed E-state index contributed by atoms with van der Waals surface area (Å²) in [4.78, 5) is 3.17. The molecule has 0 aliphatic carbocycles. The number of hydrazone groups is 1. The second kappa shape index (κ2) is 2.94. The highest BCUT2D eigenvalue weighted by Crippen LogP contribution is 2.17. The Hall–Kier alpha value is -1.77. The van der Waals surface area contributed by atoms with Gasteiger partial charge in [0.2, 0.25) is 0 Å². The SMILES string of the molecule is CC(=NN)c1c[nH]c2ccccc12. The van der Waals surface area contributed by atoms with Gasteiger partial charge in [0, 0.05) is 22.7 Å².